The van der Waals surface area contributed by atoms with Crippen LogP contribution in [0, 0.1) is 0 Å². The van der Waals surface area contributed by atoms with Crippen LogP contribution < -0.4 is 10.4 Å². The van der Waals surface area contributed by atoms with Crippen LogP contribution >= 0.6 is 0 Å². The summed E-state index contributed by atoms with van der Waals surface area (Å²) < 4.78 is 19.7. The first-order valence-corrected chi connectivity index (χ1v) is 15.3. The van der Waals surface area contributed by atoms with Crippen LogP contribution in [0.5, 0.6) is 0 Å². The lowest BCUT2D eigenvalue weighted by Crippen LogP contribution is -2.67. The number of methoxy groups -OCH3 is 1. The first-order valence-electron chi connectivity index (χ1n) is 13.4. The second-order valence-electron chi connectivity index (χ2n) is 11.2. The number of hydrogen-bond acceptors (Lipinski definition) is 6. The van der Waals surface area contributed by atoms with E-state index in [0.717, 1.165) is 5.56 Å². The monoisotopic (exact) mass is 533 g/mol. The normalized spacial score (nSPS) is 26.3. The average molecular weight is 534 g/mol. The summed E-state index contributed by atoms with van der Waals surface area (Å²) in [6.45, 7) is 7.96. The third kappa shape index (κ3) is 4.89. The molecule has 3 aromatic rings. The van der Waals surface area contributed by atoms with Crippen LogP contribution in [-0.2, 0) is 25.3 Å². The fourth-order valence-electron chi connectivity index (χ4n) is 6.12. The summed E-state index contributed by atoms with van der Waals surface area (Å²) in [7, 11) is -1.13. The van der Waals surface area contributed by atoms with Crippen LogP contribution in [0.15, 0.2) is 91.0 Å². The van der Waals surface area contributed by atoms with Crippen molar-refractivity contribution in [3.8, 4) is 0 Å². The van der Waals surface area contributed by atoms with E-state index in [4.69, 9.17) is 18.7 Å². The quantitative estimate of drug-likeness (QED) is 0.444. The van der Waals surface area contributed by atoms with E-state index in [1.54, 1.807) is 7.11 Å². The molecule has 2 saturated heterocycles. The van der Waals surface area contributed by atoms with Gasteiger partial charge in [0.25, 0.3) is 8.32 Å². The number of fused-ring (bicyclic) bond motifs is 1. The smallest absolute Gasteiger partial charge is 0.261 e. The van der Waals surface area contributed by atoms with Crippen molar-refractivity contribution >= 4 is 18.7 Å². The van der Waals surface area contributed by atoms with Gasteiger partial charge in [-0.1, -0.05) is 112 Å². The van der Waals surface area contributed by atoms with E-state index in [2.05, 4.69) is 81.4 Å². The van der Waals surface area contributed by atoms with Crippen molar-refractivity contribution in [3.63, 3.8) is 0 Å². The molecule has 7 heteroatoms. The summed E-state index contributed by atoms with van der Waals surface area (Å²) in [6, 6.07) is 30.7. The molecule has 0 aromatic heterocycles. The van der Waals surface area contributed by atoms with E-state index in [-0.39, 0.29) is 11.6 Å². The Morgan fingerprint density at radius 3 is 2.00 bits per heavy atom. The molecule has 0 aliphatic carbocycles. The minimum absolute atomic E-state index is 0.173. The van der Waals surface area contributed by atoms with Crippen molar-refractivity contribution in [2.75, 3.05) is 20.3 Å². The van der Waals surface area contributed by atoms with Gasteiger partial charge in [0, 0.05) is 20.1 Å². The second-order valence-corrected chi connectivity index (χ2v) is 15.5. The first-order chi connectivity index (χ1) is 18.3. The SMILES string of the molecule is CO[C@]12CCON(Cc3ccccc3)[C@H]1[C@@H](O)[C@H](CO[Si](c1ccccc1)(c1ccccc1)C(C)(C)C)O2. The molecular weight excluding hydrogens is 494 g/mol. The molecule has 0 radical (unpaired) electrons. The molecule has 38 heavy (non-hydrogen) atoms. The second kappa shape index (κ2) is 11.0. The third-order valence-corrected chi connectivity index (χ3v) is 12.9. The third-order valence-electron chi connectivity index (χ3n) is 7.93. The van der Waals surface area contributed by atoms with Crippen molar-refractivity contribution in [3.05, 3.63) is 96.6 Å². The van der Waals surface area contributed by atoms with E-state index < -0.39 is 32.4 Å². The van der Waals surface area contributed by atoms with Crippen molar-refractivity contribution in [1.82, 2.24) is 5.06 Å². The molecule has 1 N–H and O–H groups in total. The van der Waals surface area contributed by atoms with Crippen LogP contribution in [0.4, 0.5) is 0 Å². The molecule has 4 atom stereocenters. The number of hydrogen-bond donors (Lipinski definition) is 1. The number of aliphatic hydroxyl groups excluding tert-OH is 1. The number of rotatable bonds is 8. The fraction of sp³-hybridized carbons (Fsp3) is 0.419. The van der Waals surface area contributed by atoms with Crippen LogP contribution in [0.25, 0.3) is 0 Å². The number of benzene rings is 3. The van der Waals surface area contributed by atoms with Gasteiger partial charge in [0.15, 0.2) is 5.79 Å². The lowest BCUT2D eigenvalue weighted by molar-refractivity contribution is -0.334. The highest BCUT2D eigenvalue weighted by molar-refractivity contribution is 6.99. The maximum atomic E-state index is 11.7. The van der Waals surface area contributed by atoms with Gasteiger partial charge < -0.3 is 19.0 Å². The molecular formula is C31H39NO5Si. The van der Waals surface area contributed by atoms with Gasteiger partial charge in [-0.05, 0) is 21.0 Å². The zero-order chi connectivity index (χ0) is 26.8. The highest BCUT2D eigenvalue weighted by Crippen LogP contribution is 2.43. The number of nitrogens with zero attached hydrogens (tertiary/aromatic N) is 1. The maximum Gasteiger partial charge on any atom is 0.261 e. The average Bonchev–Trinajstić information content (AvgIpc) is 3.23. The molecule has 0 unspecified atom stereocenters. The molecule has 0 bridgehead atoms. The van der Waals surface area contributed by atoms with Gasteiger partial charge in [0.2, 0.25) is 0 Å². The molecule has 202 valence electrons. The van der Waals surface area contributed by atoms with E-state index >= 15 is 0 Å². The molecule has 2 aliphatic rings. The van der Waals surface area contributed by atoms with Gasteiger partial charge in [0.05, 0.1) is 13.2 Å². The fourth-order valence-corrected chi connectivity index (χ4v) is 10.7. The molecule has 2 aliphatic heterocycles. The Bertz CT molecular complexity index is 1130. The maximum absolute atomic E-state index is 11.7. The van der Waals surface area contributed by atoms with E-state index in [1.165, 1.54) is 10.4 Å². The zero-order valence-corrected chi connectivity index (χ0v) is 23.7. The highest BCUT2D eigenvalue weighted by atomic mass is 28.4. The van der Waals surface area contributed by atoms with E-state index in [9.17, 15) is 5.11 Å². The molecule has 3 aromatic carbocycles. The number of ether oxygens (including phenoxy) is 2. The van der Waals surface area contributed by atoms with Gasteiger partial charge >= 0.3 is 0 Å². The minimum Gasteiger partial charge on any atom is -0.405 e. The first kappa shape index (κ1) is 27.2. The molecule has 0 spiro atoms. The van der Waals surface area contributed by atoms with Crippen LogP contribution in [0.1, 0.15) is 32.8 Å². The lowest BCUT2D eigenvalue weighted by Gasteiger charge is -2.43. The van der Waals surface area contributed by atoms with Crippen LogP contribution in [-0.4, -0.2) is 62.8 Å². The molecule has 2 heterocycles. The summed E-state index contributed by atoms with van der Waals surface area (Å²) in [4.78, 5) is 6.06. The van der Waals surface area contributed by atoms with Gasteiger partial charge in [-0.15, -0.1) is 0 Å². The molecule has 0 amide bonds. The van der Waals surface area contributed by atoms with Crippen molar-refractivity contribution < 1.29 is 23.8 Å². The predicted molar refractivity (Wildman–Crippen MR) is 151 cm³/mol. The summed E-state index contributed by atoms with van der Waals surface area (Å²) >= 11 is 0. The van der Waals surface area contributed by atoms with Crippen LogP contribution in [0.3, 0.4) is 0 Å². The molecule has 6 nitrogen and oxygen atoms in total. The summed E-state index contributed by atoms with van der Waals surface area (Å²) in [5, 5.41) is 15.7. The van der Waals surface area contributed by atoms with E-state index in [0.29, 0.717) is 19.6 Å². The van der Waals surface area contributed by atoms with Gasteiger partial charge in [-0.3, -0.25) is 4.84 Å². The Kier molecular flexibility index (Phi) is 7.89. The number of aliphatic hydroxyl groups is 1. The van der Waals surface area contributed by atoms with Gasteiger partial charge in [0.1, 0.15) is 18.2 Å². The Hall–Kier alpha value is -2.36. The summed E-state index contributed by atoms with van der Waals surface area (Å²) in [6.07, 6.45) is -0.884. The number of hydroxylamine groups is 2. The van der Waals surface area contributed by atoms with Crippen molar-refractivity contribution in [2.24, 2.45) is 0 Å². The Balaban J connectivity index is 1.46. The van der Waals surface area contributed by atoms with Crippen molar-refractivity contribution in [2.45, 2.75) is 62.8 Å². The van der Waals surface area contributed by atoms with E-state index in [1.807, 2.05) is 35.4 Å². The zero-order valence-electron chi connectivity index (χ0n) is 22.7. The topological polar surface area (TPSA) is 60.4 Å². The summed E-state index contributed by atoms with van der Waals surface area (Å²) in [5.41, 5.74) is 1.10. The predicted octanol–water partition coefficient (Wildman–Crippen LogP) is 3.87. The molecule has 5 rings (SSSR count). The minimum atomic E-state index is -2.78. The Morgan fingerprint density at radius 1 is 0.921 bits per heavy atom. The van der Waals surface area contributed by atoms with Crippen molar-refractivity contribution in [1.29, 1.82) is 0 Å². The molecule has 2 fully saturated rings. The largest absolute Gasteiger partial charge is 0.405 e. The van der Waals surface area contributed by atoms with Gasteiger partial charge in [-0.25, -0.2) is 0 Å². The summed E-state index contributed by atoms with van der Waals surface area (Å²) in [5.74, 6) is -0.966. The molecule has 0 saturated carbocycles. The van der Waals surface area contributed by atoms with Crippen LogP contribution in [0.2, 0.25) is 5.04 Å². The standard InChI is InChI=1S/C31H39NO5Si/c1-30(2,3)38(25-16-10-6-11-17-25,26-18-12-7-13-19-26)36-23-27-28(33)29-31(34-4,37-27)20-21-35-32(29)22-24-14-8-5-9-15-24/h5-19,27-29,33H,20-23H2,1-4H3/t27-,28-,29-,31-/m0/s1. The highest BCUT2D eigenvalue weighted by Gasteiger charge is 2.61. The Morgan fingerprint density at radius 2 is 1.47 bits per heavy atom. The lowest BCUT2D eigenvalue weighted by atomic mass is 9.97. The van der Waals surface area contributed by atoms with Gasteiger partial charge in [-0.2, -0.15) is 5.06 Å². The Labute approximate surface area is 227 Å².